The van der Waals surface area contributed by atoms with E-state index in [1.807, 2.05) is 36.4 Å². The third kappa shape index (κ3) is 6.15. The number of aliphatic hydroxyl groups is 1. The van der Waals surface area contributed by atoms with Crippen molar-refractivity contribution < 1.29 is 24.5 Å². The predicted molar refractivity (Wildman–Crippen MR) is 94.5 cm³/mol. The third-order valence-electron chi connectivity index (χ3n) is 3.59. The Kier molecular flexibility index (Phi) is 7.34. The number of aliphatic carboxylic acids is 1. The molecule has 0 aliphatic carbocycles. The first kappa shape index (κ1) is 18.9. The summed E-state index contributed by atoms with van der Waals surface area (Å²) >= 11 is 0. The molecule has 1 amide bonds. The minimum atomic E-state index is -1.10. The molecule has 25 heavy (non-hydrogen) atoms. The molecule has 0 saturated heterocycles. The van der Waals surface area contributed by atoms with Gasteiger partial charge in [0.15, 0.2) is 0 Å². The van der Waals surface area contributed by atoms with Crippen molar-refractivity contribution >= 4 is 28.3 Å². The summed E-state index contributed by atoms with van der Waals surface area (Å²) in [5, 5.41) is 25.3. The molecule has 0 spiro atoms. The standard InChI is InChI=1S/C18H22N2O5/c21-8-10-25-9-7-19-16(18(23)24)12-17(22)20-15-6-5-13-3-1-2-4-14(13)11-15/h1-6,11,16,19,21H,7-10,12H2,(H,20,22)(H,23,24)/t16-/m0/s1. The normalized spacial score (nSPS) is 12.0. The second-order valence-corrected chi connectivity index (χ2v) is 5.50. The first-order valence-corrected chi connectivity index (χ1v) is 8.03. The van der Waals surface area contributed by atoms with Crippen molar-refractivity contribution in [1.29, 1.82) is 0 Å². The van der Waals surface area contributed by atoms with Gasteiger partial charge in [0.25, 0.3) is 0 Å². The monoisotopic (exact) mass is 346 g/mol. The van der Waals surface area contributed by atoms with Crippen LogP contribution >= 0.6 is 0 Å². The van der Waals surface area contributed by atoms with Crippen LogP contribution in [-0.4, -0.2) is 54.5 Å². The molecule has 2 aromatic rings. The Morgan fingerprint density at radius 1 is 1.08 bits per heavy atom. The predicted octanol–water partition coefficient (Wildman–Crippen LogP) is 1.22. The number of anilines is 1. The molecule has 0 heterocycles. The summed E-state index contributed by atoms with van der Waals surface area (Å²) in [5.74, 6) is -1.48. The number of rotatable bonds is 10. The lowest BCUT2D eigenvalue weighted by molar-refractivity contribution is -0.141. The maximum Gasteiger partial charge on any atom is 0.321 e. The number of carbonyl (C=O) groups excluding carboxylic acids is 1. The molecule has 2 rings (SSSR count). The van der Waals surface area contributed by atoms with Crippen LogP contribution in [0, 0.1) is 0 Å². The Morgan fingerprint density at radius 3 is 2.56 bits per heavy atom. The molecule has 0 bridgehead atoms. The summed E-state index contributed by atoms with van der Waals surface area (Å²) in [6.45, 7) is 0.648. The number of benzene rings is 2. The zero-order valence-electron chi connectivity index (χ0n) is 13.8. The SMILES string of the molecule is O=C(C[C@H](NCCOCCO)C(=O)O)Nc1ccc2ccccc2c1. The number of amides is 1. The second kappa shape index (κ2) is 9.73. The van der Waals surface area contributed by atoms with Gasteiger partial charge in [0, 0.05) is 12.2 Å². The maximum atomic E-state index is 12.1. The molecule has 0 aliphatic heterocycles. The Morgan fingerprint density at radius 2 is 1.84 bits per heavy atom. The summed E-state index contributed by atoms with van der Waals surface area (Å²) in [6, 6.07) is 12.3. The highest BCUT2D eigenvalue weighted by Crippen LogP contribution is 2.19. The van der Waals surface area contributed by atoms with Gasteiger partial charge in [-0.05, 0) is 22.9 Å². The van der Waals surface area contributed by atoms with E-state index in [0.29, 0.717) is 5.69 Å². The number of ether oxygens (including phenoxy) is 1. The number of carboxylic acids is 1. The molecule has 0 radical (unpaired) electrons. The van der Waals surface area contributed by atoms with Crippen LogP contribution in [0.15, 0.2) is 42.5 Å². The van der Waals surface area contributed by atoms with Crippen molar-refractivity contribution in [3.8, 4) is 0 Å². The highest BCUT2D eigenvalue weighted by atomic mass is 16.5. The molecule has 2 aromatic carbocycles. The number of nitrogens with one attached hydrogen (secondary N) is 2. The molecule has 1 atom stereocenters. The first-order chi connectivity index (χ1) is 12.1. The van der Waals surface area contributed by atoms with E-state index in [-0.39, 0.29) is 38.7 Å². The van der Waals surface area contributed by atoms with Crippen molar-refractivity contribution in [2.24, 2.45) is 0 Å². The highest BCUT2D eigenvalue weighted by molar-refractivity contribution is 5.96. The van der Waals surface area contributed by atoms with E-state index >= 15 is 0 Å². The van der Waals surface area contributed by atoms with Crippen molar-refractivity contribution in [1.82, 2.24) is 5.32 Å². The van der Waals surface area contributed by atoms with Gasteiger partial charge in [-0.2, -0.15) is 0 Å². The fourth-order valence-electron chi connectivity index (χ4n) is 2.38. The number of carboxylic acid groups (broad SMARTS) is 1. The molecule has 7 heteroatoms. The van der Waals surface area contributed by atoms with Crippen LogP contribution < -0.4 is 10.6 Å². The Bertz CT molecular complexity index is 719. The Labute approximate surface area is 145 Å². The van der Waals surface area contributed by atoms with Gasteiger partial charge in [-0.25, -0.2) is 0 Å². The lowest BCUT2D eigenvalue weighted by Crippen LogP contribution is -2.41. The molecule has 7 nitrogen and oxygen atoms in total. The van der Waals surface area contributed by atoms with Gasteiger partial charge in [-0.15, -0.1) is 0 Å². The van der Waals surface area contributed by atoms with E-state index in [4.69, 9.17) is 9.84 Å². The second-order valence-electron chi connectivity index (χ2n) is 5.50. The zero-order chi connectivity index (χ0) is 18.1. The summed E-state index contributed by atoms with van der Waals surface area (Å²) in [6.07, 6.45) is -0.192. The molecule has 0 aromatic heterocycles. The number of hydrogen-bond donors (Lipinski definition) is 4. The molecule has 0 aliphatic rings. The van der Waals surface area contributed by atoms with E-state index in [2.05, 4.69) is 10.6 Å². The summed E-state index contributed by atoms with van der Waals surface area (Å²) in [7, 11) is 0. The lowest BCUT2D eigenvalue weighted by Gasteiger charge is -2.14. The number of carbonyl (C=O) groups is 2. The fourth-order valence-corrected chi connectivity index (χ4v) is 2.38. The fraction of sp³-hybridized carbons (Fsp3) is 0.333. The van der Waals surface area contributed by atoms with Crippen LogP contribution in [0.5, 0.6) is 0 Å². The average Bonchev–Trinajstić information content (AvgIpc) is 2.60. The van der Waals surface area contributed by atoms with Gasteiger partial charge in [-0.3, -0.25) is 9.59 Å². The molecule has 4 N–H and O–H groups in total. The lowest BCUT2D eigenvalue weighted by atomic mass is 10.1. The summed E-state index contributed by atoms with van der Waals surface area (Å²) < 4.78 is 5.05. The molecule has 0 saturated carbocycles. The van der Waals surface area contributed by atoms with Crippen LogP contribution in [0.1, 0.15) is 6.42 Å². The van der Waals surface area contributed by atoms with E-state index in [0.717, 1.165) is 10.8 Å². The Hall–Kier alpha value is -2.48. The van der Waals surface area contributed by atoms with Crippen molar-refractivity contribution in [3.05, 3.63) is 42.5 Å². The topological polar surface area (TPSA) is 108 Å². The van der Waals surface area contributed by atoms with Gasteiger partial charge in [-0.1, -0.05) is 30.3 Å². The minimum absolute atomic E-state index is 0.0868. The van der Waals surface area contributed by atoms with Crippen LogP contribution in [0.2, 0.25) is 0 Å². The Balaban J connectivity index is 1.87. The summed E-state index contributed by atoms with van der Waals surface area (Å²) in [5.41, 5.74) is 0.624. The largest absolute Gasteiger partial charge is 0.480 e. The van der Waals surface area contributed by atoms with Gasteiger partial charge in [0.2, 0.25) is 5.91 Å². The molecular formula is C18H22N2O5. The van der Waals surface area contributed by atoms with Crippen molar-refractivity contribution in [3.63, 3.8) is 0 Å². The molecular weight excluding hydrogens is 324 g/mol. The van der Waals surface area contributed by atoms with Crippen molar-refractivity contribution in [2.75, 3.05) is 31.7 Å². The maximum absolute atomic E-state index is 12.1. The van der Waals surface area contributed by atoms with Gasteiger partial charge < -0.3 is 25.6 Å². The molecule has 0 unspecified atom stereocenters. The van der Waals surface area contributed by atoms with Crippen LogP contribution in [0.25, 0.3) is 10.8 Å². The smallest absolute Gasteiger partial charge is 0.321 e. The van der Waals surface area contributed by atoms with Crippen LogP contribution in [-0.2, 0) is 14.3 Å². The van der Waals surface area contributed by atoms with Gasteiger partial charge in [0.1, 0.15) is 6.04 Å². The van der Waals surface area contributed by atoms with Crippen molar-refractivity contribution in [2.45, 2.75) is 12.5 Å². The third-order valence-corrected chi connectivity index (χ3v) is 3.59. The highest BCUT2D eigenvalue weighted by Gasteiger charge is 2.20. The van der Waals surface area contributed by atoms with E-state index in [1.165, 1.54) is 0 Å². The minimum Gasteiger partial charge on any atom is -0.480 e. The molecule has 0 fully saturated rings. The van der Waals surface area contributed by atoms with Gasteiger partial charge in [0.05, 0.1) is 26.2 Å². The van der Waals surface area contributed by atoms with Gasteiger partial charge >= 0.3 is 5.97 Å². The number of hydrogen-bond acceptors (Lipinski definition) is 5. The summed E-state index contributed by atoms with van der Waals surface area (Å²) in [4.78, 5) is 23.4. The average molecular weight is 346 g/mol. The number of aliphatic hydroxyl groups excluding tert-OH is 1. The number of fused-ring (bicyclic) bond motifs is 1. The first-order valence-electron chi connectivity index (χ1n) is 8.03. The van der Waals surface area contributed by atoms with Crippen LogP contribution in [0.4, 0.5) is 5.69 Å². The van der Waals surface area contributed by atoms with Crippen LogP contribution in [0.3, 0.4) is 0 Å². The van der Waals surface area contributed by atoms with E-state index in [9.17, 15) is 14.7 Å². The quantitative estimate of drug-likeness (QED) is 0.482. The van der Waals surface area contributed by atoms with E-state index < -0.39 is 12.0 Å². The van der Waals surface area contributed by atoms with E-state index in [1.54, 1.807) is 6.07 Å². The zero-order valence-corrected chi connectivity index (χ0v) is 13.8. The molecule has 134 valence electrons.